The number of thiazole rings is 1. The summed E-state index contributed by atoms with van der Waals surface area (Å²) in [6, 6.07) is -0.0605. The summed E-state index contributed by atoms with van der Waals surface area (Å²) in [7, 11) is 3.61. The SMILES string of the molecule is CN(C)C(=O)[C@@H]1[C@H](Nc2c(Cl)cnc3nc(-c4sc(N5CCOCC5)nc4Cl)[nH]c23)[C@H]2C=C[C@@H]1C2. The molecule has 35 heavy (non-hydrogen) atoms. The highest BCUT2D eigenvalue weighted by Gasteiger charge is 2.49. The lowest BCUT2D eigenvalue weighted by Crippen LogP contribution is -2.43. The number of ether oxygens (including phenoxy) is 1. The normalized spacial score (nSPS) is 25.5. The number of allylic oxidation sites excluding steroid dienone is 1. The Morgan fingerprint density at radius 2 is 2.00 bits per heavy atom. The van der Waals surface area contributed by atoms with Gasteiger partial charge in [0.05, 0.1) is 36.0 Å². The average Bonchev–Trinajstić information content (AvgIpc) is 3.63. The number of carbonyl (C=O) groups excluding carboxylic acids is 1. The van der Waals surface area contributed by atoms with Gasteiger partial charge >= 0.3 is 0 Å². The smallest absolute Gasteiger partial charge is 0.227 e. The van der Waals surface area contributed by atoms with Crippen LogP contribution < -0.4 is 10.2 Å². The van der Waals surface area contributed by atoms with Gasteiger partial charge in [-0.2, -0.15) is 0 Å². The van der Waals surface area contributed by atoms with E-state index in [1.807, 2.05) is 0 Å². The molecule has 0 unspecified atom stereocenters. The number of imidazole rings is 1. The lowest BCUT2D eigenvalue weighted by Gasteiger charge is -2.31. The Morgan fingerprint density at radius 1 is 1.23 bits per heavy atom. The monoisotopic (exact) mass is 533 g/mol. The summed E-state index contributed by atoms with van der Waals surface area (Å²) in [5.41, 5.74) is 1.91. The van der Waals surface area contributed by atoms with Crippen LogP contribution >= 0.6 is 34.5 Å². The molecule has 3 aliphatic rings. The summed E-state index contributed by atoms with van der Waals surface area (Å²) in [4.78, 5) is 34.6. The van der Waals surface area contributed by atoms with Crippen molar-refractivity contribution < 1.29 is 9.53 Å². The molecule has 0 aromatic carbocycles. The molecule has 6 rings (SSSR count). The van der Waals surface area contributed by atoms with E-state index in [4.69, 9.17) is 32.9 Å². The lowest BCUT2D eigenvalue weighted by atomic mass is 9.87. The van der Waals surface area contributed by atoms with Crippen LogP contribution in [0.1, 0.15) is 6.42 Å². The Kier molecular flexibility index (Phi) is 5.87. The van der Waals surface area contributed by atoms with E-state index in [2.05, 4.69) is 37.3 Å². The second-order valence-corrected chi connectivity index (χ2v) is 11.1. The fraction of sp³-hybridized carbons (Fsp3) is 0.478. The molecular formula is C23H25Cl2N7O2S. The number of nitrogens with one attached hydrogen (secondary N) is 2. The van der Waals surface area contributed by atoms with Crippen LogP contribution in [-0.4, -0.2) is 77.2 Å². The molecule has 1 aliphatic heterocycles. The molecule has 0 spiro atoms. The maximum atomic E-state index is 13.0. The third-order valence-electron chi connectivity index (χ3n) is 7.04. The van der Waals surface area contributed by atoms with Crippen LogP contribution in [0.2, 0.25) is 10.2 Å². The third-order valence-corrected chi connectivity index (χ3v) is 8.84. The van der Waals surface area contributed by atoms with Crippen molar-refractivity contribution in [2.24, 2.45) is 17.8 Å². The predicted molar refractivity (Wildman–Crippen MR) is 138 cm³/mol. The maximum absolute atomic E-state index is 13.0. The number of rotatable bonds is 5. The quantitative estimate of drug-likeness (QED) is 0.479. The summed E-state index contributed by atoms with van der Waals surface area (Å²) >= 11 is 14.6. The number of aromatic nitrogens is 4. The molecule has 9 nitrogen and oxygen atoms in total. The standard InChI is InChI=1S/C23H25Cl2N7O2S/c1-31(2)22(33)14-11-3-4-12(9-11)15(14)27-16-13(24)10-26-20-17(16)28-21(30-20)18-19(25)29-23(35-18)32-5-7-34-8-6-32/h3-4,10-12,14-15H,5-9H2,1-2H3,(H2,26,27,28,30)/t11-,12+,14+,15-/m1/s1. The summed E-state index contributed by atoms with van der Waals surface area (Å²) in [6.07, 6.45) is 6.93. The zero-order chi connectivity index (χ0) is 24.3. The topological polar surface area (TPSA) is 99.3 Å². The fourth-order valence-electron chi connectivity index (χ4n) is 5.33. The minimum absolute atomic E-state index is 0.0605. The second kappa shape index (κ2) is 8.92. The van der Waals surface area contributed by atoms with E-state index in [0.717, 1.165) is 29.5 Å². The second-order valence-electron chi connectivity index (χ2n) is 9.36. The highest BCUT2D eigenvalue weighted by Crippen LogP contribution is 2.47. The van der Waals surface area contributed by atoms with Crippen LogP contribution in [0.15, 0.2) is 18.3 Å². The molecule has 4 heterocycles. The highest BCUT2D eigenvalue weighted by atomic mass is 35.5. The first-order chi connectivity index (χ1) is 16.9. The van der Waals surface area contributed by atoms with E-state index in [1.54, 1.807) is 25.2 Å². The van der Waals surface area contributed by atoms with Crippen LogP contribution in [0.3, 0.4) is 0 Å². The van der Waals surface area contributed by atoms with Gasteiger partial charge in [-0.3, -0.25) is 4.79 Å². The number of halogens is 2. The van der Waals surface area contributed by atoms with E-state index in [-0.39, 0.29) is 29.7 Å². The van der Waals surface area contributed by atoms with Gasteiger partial charge in [-0.05, 0) is 18.3 Å². The van der Waals surface area contributed by atoms with Crippen molar-refractivity contribution in [2.75, 3.05) is 50.6 Å². The average molecular weight is 534 g/mol. The zero-order valence-corrected chi connectivity index (χ0v) is 21.6. The fourth-order valence-corrected chi connectivity index (χ4v) is 6.82. The van der Waals surface area contributed by atoms with Gasteiger partial charge in [0.15, 0.2) is 21.8 Å². The number of carbonyl (C=O) groups is 1. The van der Waals surface area contributed by atoms with Crippen LogP contribution in [0.25, 0.3) is 21.9 Å². The van der Waals surface area contributed by atoms with Gasteiger partial charge in [0, 0.05) is 33.2 Å². The number of fused-ring (bicyclic) bond motifs is 3. The molecule has 2 fully saturated rings. The van der Waals surface area contributed by atoms with Gasteiger partial charge in [-0.1, -0.05) is 46.7 Å². The number of aromatic amines is 1. The molecule has 4 atom stereocenters. The number of anilines is 2. The number of amides is 1. The minimum atomic E-state index is -0.145. The van der Waals surface area contributed by atoms with Crippen molar-refractivity contribution in [1.82, 2.24) is 24.8 Å². The van der Waals surface area contributed by atoms with Crippen molar-refractivity contribution in [3.63, 3.8) is 0 Å². The molecule has 1 amide bonds. The first kappa shape index (κ1) is 23.0. The number of pyridine rings is 1. The van der Waals surface area contributed by atoms with Crippen LogP contribution in [0.4, 0.5) is 10.8 Å². The van der Waals surface area contributed by atoms with Crippen molar-refractivity contribution >= 4 is 62.4 Å². The summed E-state index contributed by atoms with van der Waals surface area (Å²) in [5.74, 6) is 1.07. The molecule has 3 aromatic heterocycles. The largest absolute Gasteiger partial charge is 0.378 e. The Labute approximate surface area is 216 Å². The van der Waals surface area contributed by atoms with Crippen molar-refractivity contribution in [1.29, 1.82) is 0 Å². The van der Waals surface area contributed by atoms with Gasteiger partial charge in [-0.25, -0.2) is 15.0 Å². The lowest BCUT2D eigenvalue weighted by molar-refractivity contribution is -0.133. The molecule has 2 aliphatic carbocycles. The molecule has 1 saturated carbocycles. The van der Waals surface area contributed by atoms with Gasteiger partial charge in [-0.15, -0.1) is 0 Å². The van der Waals surface area contributed by atoms with Gasteiger partial charge < -0.3 is 24.8 Å². The minimum Gasteiger partial charge on any atom is -0.378 e. The van der Waals surface area contributed by atoms with E-state index in [9.17, 15) is 4.79 Å². The Balaban J connectivity index is 1.35. The summed E-state index contributed by atoms with van der Waals surface area (Å²) < 4.78 is 5.44. The molecule has 2 N–H and O–H groups in total. The predicted octanol–water partition coefficient (Wildman–Crippen LogP) is 3.92. The number of hydrogen-bond acceptors (Lipinski definition) is 8. The van der Waals surface area contributed by atoms with Crippen molar-refractivity contribution in [2.45, 2.75) is 12.5 Å². The third kappa shape index (κ3) is 3.96. The molecule has 2 bridgehead atoms. The molecule has 0 radical (unpaired) electrons. The molecule has 1 saturated heterocycles. The van der Waals surface area contributed by atoms with E-state index < -0.39 is 0 Å². The summed E-state index contributed by atoms with van der Waals surface area (Å²) in [5, 5.41) is 5.31. The van der Waals surface area contributed by atoms with E-state index >= 15 is 0 Å². The van der Waals surface area contributed by atoms with E-state index in [0.29, 0.717) is 46.1 Å². The van der Waals surface area contributed by atoms with Crippen molar-refractivity contribution in [3.8, 4) is 10.7 Å². The maximum Gasteiger partial charge on any atom is 0.227 e. The Bertz CT molecular complexity index is 1320. The summed E-state index contributed by atoms with van der Waals surface area (Å²) in [6.45, 7) is 2.90. The number of H-pyrrole nitrogens is 1. The molecular weight excluding hydrogens is 509 g/mol. The molecule has 12 heteroatoms. The number of nitrogens with zero attached hydrogens (tertiary/aromatic N) is 5. The van der Waals surface area contributed by atoms with Gasteiger partial charge in [0.25, 0.3) is 0 Å². The van der Waals surface area contributed by atoms with Crippen LogP contribution in [0, 0.1) is 17.8 Å². The molecule has 3 aromatic rings. The van der Waals surface area contributed by atoms with E-state index in [1.165, 1.54) is 11.3 Å². The van der Waals surface area contributed by atoms with Crippen molar-refractivity contribution in [3.05, 3.63) is 28.5 Å². The Hall–Kier alpha value is -2.40. The van der Waals surface area contributed by atoms with Gasteiger partial charge in [0.1, 0.15) is 10.4 Å². The first-order valence-corrected chi connectivity index (χ1v) is 13.2. The number of hydrogen-bond donors (Lipinski definition) is 2. The first-order valence-electron chi connectivity index (χ1n) is 11.6. The molecule has 184 valence electrons. The van der Waals surface area contributed by atoms with Gasteiger partial charge in [0.2, 0.25) is 5.91 Å². The Morgan fingerprint density at radius 3 is 2.77 bits per heavy atom. The van der Waals surface area contributed by atoms with Crippen LogP contribution in [0.5, 0.6) is 0 Å². The zero-order valence-electron chi connectivity index (χ0n) is 19.3. The number of morpholine rings is 1. The highest BCUT2D eigenvalue weighted by molar-refractivity contribution is 7.19. The van der Waals surface area contributed by atoms with Crippen LogP contribution in [-0.2, 0) is 9.53 Å².